The second-order valence-corrected chi connectivity index (χ2v) is 9.35. The van der Waals surface area contributed by atoms with E-state index in [-0.39, 0.29) is 10.8 Å². The van der Waals surface area contributed by atoms with Gasteiger partial charge in [-0.25, -0.2) is 12.7 Å². The molecule has 1 aliphatic rings. The van der Waals surface area contributed by atoms with Crippen LogP contribution in [0, 0.1) is 0 Å². The normalized spacial score (nSPS) is 16.2. The zero-order valence-corrected chi connectivity index (χ0v) is 16.9. The molecule has 26 heavy (non-hydrogen) atoms. The van der Waals surface area contributed by atoms with E-state index in [9.17, 15) is 13.2 Å². The van der Waals surface area contributed by atoms with Crippen LogP contribution in [0.3, 0.4) is 0 Å². The highest BCUT2D eigenvalue weighted by molar-refractivity contribution is 7.89. The Morgan fingerprint density at radius 2 is 1.69 bits per heavy atom. The molecule has 0 bridgehead atoms. The van der Waals surface area contributed by atoms with Gasteiger partial charge in [-0.05, 0) is 57.1 Å². The van der Waals surface area contributed by atoms with Gasteiger partial charge in [0.15, 0.2) is 0 Å². The third-order valence-corrected chi connectivity index (χ3v) is 6.90. The Morgan fingerprint density at radius 3 is 2.27 bits per heavy atom. The number of hydrogen-bond donors (Lipinski definition) is 1. The van der Waals surface area contributed by atoms with Gasteiger partial charge in [0.1, 0.15) is 0 Å². The molecule has 1 aromatic rings. The minimum Gasteiger partial charge on any atom is -0.352 e. The molecule has 1 fully saturated rings. The van der Waals surface area contributed by atoms with Crippen molar-refractivity contribution < 1.29 is 13.2 Å². The summed E-state index contributed by atoms with van der Waals surface area (Å²) in [6.07, 6.45) is 7.48. The largest absolute Gasteiger partial charge is 0.352 e. The number of sulfonamides is 1. The van der Waals surface area contributed by atoms with Crippen molar-refractivity contribution in [3.8, 4) is 0 Å². The van der Waals surface area contributed by atoms with Crippen LogP contribution in [-0.2, 0) is 10.0 Å². The minimum absolute atomic E-state index is 0.167. The number of nitrogens with zero attached hydrogens (tertiary/aromatic N) is 2. The topological polar surface area (TPSA) is 69.7 Å². The van der Waals surface area contributed by atoms with Gasteiger partial charge in [0, 0.05) is 32.2 Å². The van der Waals surface area contributed by atoms with Crippen molar-refractivity contribution >= 4 is 15.9 Å². The third-order valence-electron chi connectivity index (χ3n) is 5.07. The van der Waals surface area contributed by atoms with Crippen LogP contribution in [-0.4, -0.2) is 63.8 Å². The van der Waals surface area contributed by atoms with E-state index in [1.165, 1.54) is 58.3 Å². The van der Waals surface area contributed by atoms with Crippen molar-refractivity contribution in [1.29, 1.82) is 0 Å². The number of hydrogen-bond acceptors (Lipinski definition) is 4. The molecule has 0 aliphatic heterocycles. The maximum absolute atomic E-state index is 12.2. The monoisotopic (exact) mass is 381 g/mol. The highest BCUT2D eigenvalue weighted by Gasteiger charge is 2.18. The number of amides is 1. The lowest BCUT2D eigenvalue weighted by Crippen LogP contribution is -2.35. The van der Waals surface area contributed by atoms with Crippen LogP contribution in [0.4, 0.5) is 0 Å². The third kappa shape index (κ3) is 5.53. The molecule has 0 unspecified atom stereocenters. The van der Waals surface area contributed by atoms with E-state index in [4.69, 9.17) is 0 Å². The lowest BCUT2D eigenvalue weighted by Gasteiger charge is -2.31. The van der Waals surface area contributed by atoms with Gasteiger partial charge < -0.3 is 10.2 Å². The number of carbonyl (C=O) groups is 1. The van der Waals surface area contributed by atoms with Gasteiger partial charge >= 0.3 is 0 Å². The fourth-order valence-corrected chi connectivity index (χ4v) is 4.23. The maximum atomic E-state index is 12.2. The molecule has 0 aromatic heterocycles. The summed E-state index contributed by atoms with van der Waals surface area (Å²) in [5.74, 6) is -0.167. The minimum atomic E-state index is -3.46. The molecule has 0 atom stereocenters. The molecule has 7 heteroatoms. The highest BCUT2D eigenvalue weighted by atomic mass is 32.2. The standard InChI is InChI=1S/C19H31N3O3S/c1-21(2)26(24,25)18-12-10-16(11-13-18)19(23)20-14-7-15-22(3)17-8-5-4-6-9-17/h10-13,17H,4-9,14-15H2,1-3H3,(H,20,23). The predicted octanol–water partition coefficient (Wildman–Crippen LogP) is 2.32. The summed E-state index contributed by atoms with van der Waals surface area (Å²) in [6.45, 7) is 1.60. The van der Waals surface area contributed by atoms with Crippen molar-refractivity contribution in [2.24, 2.45) is 0 Å². The summed E-state index contributed by atoms with van der Waals surface area (Å²) in [5, 5.41) is 2.91. The molecule has 1 amide bonds. The Labute approximate surface area is 157 Å². The molecule has 0 spiro atoms. The molecule has 146 valence electrons. The van der Waals surface area contributed by atoms with Gasteiger partial charge in [-0.3, -0.25) is 4.79 Å². The first kappa shape index (κ1) is 20.9. The molecule has 6 nitrogen and oxygen atoms in total. The Bertz CT molecular complexity index is 680. The number of carbonyl (C=O) groups excluding carboxylic acids is 1. The van der Waals surface area contributed by atoms with Gasteiger partial charge in [0.2, 0.25) is 10.0 Å². The molecule has 0 radical (unpaired) electrons. The molecule has 1 aliphatic carbocycles. The summed E-state index contributed by atoms with van der Waals surface area (Å²) < 4.78 is 25.2. The first-order valence-electron chi connectivity index (χ1n) is 9.33. The zero-order chi connectivity index (χ0) is 19.2. The van der Waals surface area contributed by atoms with Crippen LogP contribution in [0.15, 0.2) is 29.2 Å². The average molecular weight is 382 g/mol. The molecule has 1 N–H and O–H groups in total. The van der Waals surface area contributed by atoms with Crippen LogP contribution in [0.25, 0.3) is 0 Å². The van der Waals surface area contributed by atoms with Gasteiger partial charge in [0.25, 0.3) is 5.91 Å². The first-order chi connectivity index (χ1) is 12.3. The molecule has 1 aromatic carbocycles. The molecular formula is C19H31N3O3S. The summed E-state index contributed by atoms with van der Waals surface area (Å²) >= 11 is 0. The molecule has 0 saturated heterocycles. The molecular weight excluding hydrogens is 350 g/mol. The number of rotatable bonds is 8. The lowest BCUT2D eigenvalue weighted by atomic mass is 9.94. The van der Waals surface area contributed by atoms with E-state index in [1.54, 1.807) is 12.1 Å². The fraction of sp³-hybridized carbons (Fsp3) is 0.632. The van der Waals surface area contributed by atoms with E-state index in [1.807, 2.05) is 0 Å². The van der Waals surface area contributed by atoms with E-state index in [0.717, 1.165) is 17.3 Å². The van der Waals surface area contributed by atoms with Crippen LogP contribution in [0.1, 0.15) is 48.9 Å². The van der Waals surface area contributed by atoms with Crippen molar-refractivity contribution in [3.05, 3.63) is 29.8 Å². The smallest absolute Gasteiger partial charge is 0.251 e. The quantitative estimate of drug-likeness (QED) is 0.702. The summed E-state index contributed by atoms with van der Waals surface area (Å²) in [6, 6.07) is 6.74. The average Bonchev–Trinajstić information content (AvgIpc) is 2.65. The second-order valence-electron chi connectivity index (χ2n) is 7.19. The summed E-state index contributed by atoms with van der Waals surface area (Å²) in [5.41, 5.74) is 0.475. The zero-order valence-electron chi connectivity index (χ0n) is 16.1. The van der Waals surface area contributed by atoms with Crippen LogP contribution < -0.4 is 5.32 Å². The van der Waals surface area contributed by atoms with E-state index < -0.39 is 10.0 Å². The maximum Gasteiger partial charge on any atom is 0.251 e. The Kier molecular flexibility index (Phi) is 7.61. The number of benzene rings is 1. The fourth-order valence-electron chi connectivity index (χ4n) is 3.33. The first-order valence-corrected chi connectivity index (χ1v) is 10.8. The van der Waals surface area contributed by atoms with Gasteiger partial charge in [-0.1, -0.05) is 19.3 Å². The Morgan fingerprint density at radius 1 is 1.08 bits per heavy atom. The van der Waals surface area contributed by atoms with Crippen molar-refractivity contribution in [2.45, 2.75) is 49.5 Å². The Balaban J connectivity index is 1.77. The van der Waals surface area contributed by atoms with Gasteiger partial charge in [-0.15, -0.1) is 0 Å². The number of nitrogens with one attached hydrogen (secondary N) is 1. The lowest BCUT2D eigenvalue weighted by molar-refractivity contribution is 0.0950. The summed E-state index contributed by atoms with van der Waals surface area (Å²) in [4.78, 5) is 14.8. The molecule has 2 rings (SSSR count). The van der Waals surface area contributed by atoms with Crippen molar-refractivity contribution in [3.63, 3.8) is 0 Å². The molecule has 0 heterocycles. The van der Waals surface area contributed by atoms with Crippen LogP contribution in [0.2, 0.25) is 0 Å². The Hall–Kier alpha value is -1.44. The van der Waals surface area contributed by atoms with Crippen LogP contribution >= 0.6 is 0 Å². The highest BCUT2D eigenvalue weighted by Crippen LogP contribution is 2.21. The predicted molar refractivity (Wildman–Crippen MR) is 104 cm³/mol. The van der Waals surface area contributed by atoms with E-state index in [2.05, 4.69) is 17.3 Å². The second kappa shape index (κ2) is 9.48. The van der Waals surface area contributed by atoms with E-state index in [0.29, 0.717) is 18.2 Å². The molecule has 1 saturated carbocycles. The SMILES string of the molecule is CN(CCCNC(=O)c1ccc(S(=O)(=O)N(C)C)cc1)C1CCCCC1. The van der Waals surface area contributed by atoms with Crippen LogP contribution in [0.5, 0.6) is 0 Å². The van der Waals surface area contributed by atoms with Gasteiger partial charge in [0.05, 0.1) is 4.90 Å². The summed E-state index contributed by atoms with van der Waals surface area (Å²) in [7, 11) is 1.68. The van der Waals surface area contributed by atoms with Crippen molar-refractivity contribution in [1.82, 2.24) is 14.5 Å². The van der Waals surface area contributed by atoms with Crippen molar-refractivity contribution in [2.75, 3.05) is 34.2 Å². The van der Waals surface area contributed by atoms with Gasteiger partial charge in [-0.2, -0.15) is 0 Å². The van der Waals surface area contributed by atoms with E-state index >= 15 is 0 Å².